The molecule has 0 aliphatic heterocycles. The van der Waals surface area contributed by atoms with Crippen molar-refractivity contribution in [2.24, 2.45) is 0 Å². The summed E-state index contributed by atoms with van der Waals surface area (Å²) >= 11 is 0. The van der Waals surface area contributed by atoms with Gasteiger partial charge in [0.15, 0.2) is 15.2 Å². The van der Waals surface area contributed by atoms with Gasteiger partial charge in [0, 0.05) is 24.2 Å². The smallest absolute Gasteiger partial charge is 0.412 e. The summed E-state index contributed by atoms with van der Waals surface area (Å²) in [5, 5.41) is 6.22. The van der Waals surface area contributed by atoms with E-state index >= 15 is 0 Å². The SMILES string of the molecule is C[C@H](NC(=O)[C@H](CCCOS(C)(=O)=O)NC(=O)c1ccc(CN(C(=O)OC(C)(C)C)C(c2ncc[nH]2)S(C)(=O)=O)cc1)c1cccc2ccccc12. The Bertz CT molecular complexity index is 2070. The third-order valence-electron chi connectivity index (χ3n) is 7.84. The first-order valence-corrected chi connectivity index (χ1v) is 20.3. The molecule has 1 heterocycles. The van der Waals surface area contributed by atoms with E-state index in [1.54, 1.807) is 32.9 Å². The summed E-state index contributed by atoms with van der Waals surface area (Å²) in [4.78, 5) is 48.3. The number of carbonyl (C=O) groups is 3. The van der Waals surface area contributed by atoms with Gasteiger partial charge in [-0.05, 0) is 74.6 Å². The van der Waals surface area contributed by atoms with Gasteiger partial charge in [0.25, 0.3) is 16.0 Å². The molecule has 0 saturated heterocycles. The van der Waals surface area contributed by atoms with Crippen LogP contribution in [0.25, 0.3) is 10.8 Å². The molecule has 280 valence electrons. The Labute approximate surface area is 304 Å². The quantitative estimate of drug-likeness (QED) is 0.112. The monoisotopic (exact) mass is 755 g/mol. The van der Waals surface area contributed by atoms with Crippen molar-refractivity contribution in [3.05, 3.63) is 102 Å². The number of imidazole rings is 1. The van der Waals surface area contributed by atoms with Crippen molar-refractivity contribution in [2.75, 3.05) is 19.1 Å². The van der Waals surface area contributed by atoms with E-state index in [-0.39, 0.29) is 37.4 Å². The summed E-state index contributed by atoms with van der Waals surface area (Å²) in [6.45, 7) is 6.45. The van der Waals surface area contributed by atoms with Crippen LogP contribution in [0.15, 0.2) is 79.1 Å². The average Bonchev–Trinajstić information content (AvgIpc) is 3.58. The number of hydrogen-bond acceptors (Lipinski definition) is 10. The largest absolute Gasteiger partial charge is 0.444 e. The van der Waals surface area contributed by atoms with E-state index in [9.17, 15) is 31.2 Å². The molecule has 0 radical (unpaired) electrons. The van der Waals surface area contributed by atoms with Crippen molar-refractivity contribution < 1.29 is 40.1 Å². The molecule has 1 unspecified atom stereocenters. The number of nitrogens with one attached hydrogen (secondary N) is 3. The zero-order valence-electron chi connectivity index (χ0n) is 30.0. The Kier molecular flexibility index (Phi) is 12.8. The molecule has 0 spiro atoms. The maximum atomic E-state index is 13.6. The second kappa shape index (κ2) is 16.7. The van der Waals surface area contributed by atoms with Crippen LogP contribution in [0.4, 0.5) is 4.79 Å². The summed E-state index contributed by atoms with van der Waals surface area (Å²) in [5.41, 5.74) is 0.636. The molecular formula is C36H45N5O9S2. The Morgan fingerprint density at radius 2 is 1.60 bits per heavy atom. The van der Waals surface area contributed by atoms with Crippen molar-refractivity contribution in [2.45, 2.75) is 70.1 Å². The third kappa shape index (κ3) is 11.4. The molecule has 0 aliphatic carbocycles. The van der Waals surface area contributed by atoms with E-state index in [4.69, 9.17) is 8.92 Å². The molecule has 3 atom stereocenters. The molecule has 14 nitrogen and oxygen atoms in total. The molecule has 4 aromatic rings. The zero-order chi connectivity index (χ0) is 38.3. The summed E-state index contributed by atoms with van der Waals surface area (Å²) in [6, 6.07) is 18.2. The first-order chi connectivity index (χ1) is 24.3. The fourth-order valence-corrected chi connectivity index (χ4v) is 7.12. The molecular weight excluding hydrogens is 711 g/mol. The zero-order valence-corrected chi connectivity index (χ0v) is 31.6. The van der Waals surface area contributed by atoms with Gasteiger partial charge in [0.05, 0.1) is 25.4 Å². The van der Waals surface area contributed by atoms with E-state index in [2.05, 4.69) is 20.6 Å². The highest BCUT2D eigenvalue weighted by molar-refractivity contribution is 7.90. The maximum Gasteiger partial charge on any atom is 0.412 e. The van der Waals surface area contributed by atoms with E-state index in [0.717, 1.165) is 33.7 Å². The van der Waals surface area contributed by atoms with Crippen molar-refractivity contribution >= 4 is 48.6 Å². The first kappa shape index (κ1) is 40.0. The Hall–Kier alpha value is -4.80. The molecule has 0 bridgehead atoms. The third-order valence-corrected chi connectivity index (χ3v) is 9.73. The average molecular weight is 756 g/mol. The van der Waals surface area contributed by atoms with Crippen LogP contribution < -0.4 is 10.6 Å². The van der Waals surface area contributed by atoms with E-state index in [1.165, 1.54) is 24.5 Å². The lowest BCUT2D eigenvalue weighted by Crippen LogP contribution is -2.47. The number of rotatable bonds is 15. The van der Waals surface area contributed by atoms with Gasteiger partial charge in [-0.3, -0.25) is 18.7 Å². The highest BCUT2D eigenvalue weighted by Crippen LogP contribution is 2.28. The number of aromatic nitrogens is 2. The van der Waals surface area contributed by atoms with Gasteiger partial charge in [-0.25, -0.2) is 18.2 Å². The van der Waals surface area contributed by atoms with Crippen molar-refractivity contribution in [3.63, 3.8) is 0 Å². The number of carbonyl (C=O) groups excluding carboxylic acids is 3. The molecule has 3 aromatic carbocycles. The summed E-state index contributed by atoms with van der Waals surface area (Å²) in [7, 11) is -7.62. The Balaban J connectivity index is 1.53. The minimum absolute atomic E-state index is 0.0328. The Morgan fingerprint density at radius 1 is 0.923 bits per heavy atom. The lowest BCUT2D eigenvalue weighted by Gasteiger charge is -2.31. The van der Waals surface area contributed by atoms with Crippen molar-refractivity contribution in [1.29, 1.82) is 0 Å². The first-order valence-electron chi connectivity index (χ1n) is 16.5. The minimum Gasteiger partial charge on any atom is -0.444 e. The number of aromatic amines is 1. The standard InChI is InChI=1S/C36H45N5O9S2/c1-24(28-14-9-12-26-11-7-8-13-29(26)28)39-33(43)30(15-10-22-49-52(6,47)48)40-32(42)27-18-16-25(17-19-27)23-41(35(44)50-36(2,3)4)34(51(5,45)46)31-37-20-21-38-31/h7-9,11-14,16-21,24,30,34H,10,15,22-23H2,1-6H3,(H,37,38)(H,39,43)(H,40,42)/t24-,30-,34?/m0/s1. The highest BCUT2D eigenvalue weighted by Gasteiger charge is 2.38. The number of ether oxygens (including phenoxy) is 1. The minimum atomic E-state index is -3.92. The van der Waals surface area contributed by atoms with Gasteiger partial charge >= 0.3 is 6.09 Å². The van der Waals surface area contributed by atoms with Gasteiger partial charge in [0.1, 0.15) is 17.5 Å². The fourth-order valence-electron chi connectivity index (χ4n) is 5.54. The number of nitrogens with zero attached hydrogens (tertiary/aromatic N) is 2. The van der Waals surface area contributed by atoms with E-state index < -0.39 is 60.9 Å². The molecule has 0 saturated carbocycles. The summed E-state index contributed by atoms with van der Waals surface area (Å²) in [6.07, 6.45) is 4.11. The van der Waals surface area contributed by atoms with Crippen LogP contribution in [0.2, 0.25) is 0 Å². The predicted molar refractivity (Wildman–Crippen MR) is 196 cm³/mol. The van der Waals surface area contributed by atoms with Gasteiger partial charge in [-0.2, -0.15) is 8.42 Å². The van der Waals surface area contributed by atoms with Gasteiger partial charge in [-0.1, -0.05) is 54.6 Å². The van der Waals surface area contributed by atoms with Crippen LogP contribution in [0.1, 0.15) is 79.3 Å². The van der Waals surface area contributed by atoms with E-state index in [1.807, 2.05) is 49.4 Å². The number of benzene rings is 3. The number of sulfone groups is 1. The second-order valence-corrected chi connectivity index (χ2v) is 17.2. The van der Waals surface area contributed by atoms with Gasteiger partial charge in [-0.15, -0.1) is 0 Å². The maximum absolute atomic E-state index is 13.6. The summed E-state index contributed by atoms with van der Waals surface area (Å²) in [5.74, 6) is -1.02. The molecule has 52 heavy (non-hydrogen) atoms. The normalized spacial score (nSPS) is 13.9. The number of H-pyrrole nitrogens is 1. The molecule has 4 rings (SSSR count). The molecule has 3 N–H and O–H groups in total. The molecule has 0 aliphatic rings. The van der Waals surface area contributed by atoms with Crippen molar-refractivity contribution in [3.8, 4) is 0 Å². The number of hydrogen-bond donors (Lipinski definition) is 3. The lowest BCUT2D eigenvalue weighted by atomic mass is 9.99. The van der Waals surface area contributed by atoms with Crippen LogP contribution in [-0.2, 0) is 40.2 Å². The number of amides is 3. The summed E-state index contributed by atoms with van der Waals surface area (Å²) < 4.78 is 59.3. The van der Waals surface area contributed by atoms with Gasteiger partial charge < -0.3 is 20.4 Å². The predicted octanol–water partition coefficient (Wildman–Crippen LogP) is 4.78. The molecule has 0 fully saturated rings. The molecule has 1 aromatic heterocycles. The van der Waals surface area contributed by atoms with Crippen LogP contribution in [-0.4, -0.2) is 80.4 Å². The number of fused-ring (bicyclic) bond motifs is 1. The van der Waals surface area contributed by atoms with Crippen LogP contribution in [0, 0.1) is 0 Å². The Morgan fingerprint density at radius 3 is 2.21 bits per heavy atom. The van der Waals surface area contributed by atoms with Crippen LogP contribution in [0.5, 0.6) is 0 Å². The fraction of sp³-hybridized carbons (Fsp3) is 0.389. The highest BCUT2D eigenvalue weighted by atomic mass is 32.2. The van der Waals surface area contributed by atoms with Crippen LogP contribution in [0.3, 0.4) is 0 Å². The lowest BCUT2D eigenvalue weighted by molar-refractivity contribution is -0.123. The topological polar surface area (TPSA) is 194 Å². The van der Waals surface area contributed by atoms with Crippen molar-refractivity contribution in [1.82, 2.24) is 25.5 Å². The van der Waals surface area contributed by atoms with E-state index in [0.29, 0.717) is 5.56 Å². The molecule has 3 amide bonds. The van der Waals surface area contributed by atoms with Gasteiger partial charge in [0.2, 0.25) is 5.91 Å². The van der Waals surface area contributed by atoms with Crippen LogP contribution >= 0.6 is 0 Å². The second-order valence-electron chi connectivity index (χ2n) is 13.5. The molecule has 16 heteroatoms.